The Balaban J connectivity index is 2.12. The van der Waals surface area contributed by atoms with Crippen LogP contribution in [0.4, 0.5) is 5.82 Å². The van der Waals surface area contributed by atoms with E-state index in [0.29, 0.717) is 12.4 Å². The van der Waals surface area contributed by atoms with Gasteiger partial charge in [0.2, 0.25) is 5.91 Å². The monoisotopic (exact) mass is 325 g/mol. The summed E-state index contributed by atoms with van der Waals surface area (Å²) < 4.78 is 0.941. The molecule has 3 N–H and O–H groups in total. The predicted molar refractivity (Wildman–Crippen MR) is 79.9 cm³/mol. The second-order valence-corrected chi connectivity index (χ2v) is 6.17. The number of carbonyl (C=O) groups excluding carboxylic acids is 1. The van der Waals surface area contributed by atoms with Crippen molar-refractivity contribution in [2.75, 3.05) is 11.9 Å². The van der Waals surface area contributed by atoms with E-state index in [1.54, 1.807) is 6.20 Å². The molecule has 19 heavy (non-hydrogen) atoms. The largest absolute Gasteiger partial charge is 0.329 e. The molecule has 1 amide bonds. The van der Waals surface area contributed by atoms with Gasteiger partial charge in [-0.1, -0.05) is 19.3 Å². The third-order valence-electron chi connectivity index (χ3n) is 3.97. The van der Waals surface area contributed by atoms with Gasteiger partial charge in [0.05, 0.1) is 5.41 Å². The maximum Gasteiger partial charge on any atom is 0.233 e. The van der Waals surface area contributed by atoms with Gasteiger partial charge in [-0.25, -0.2) is 4.98 Å². The van der Waals surface area contributed by atoms with Gasteiger partial charge < -0.3 is 11.1 Å². The van der Waals surface area contributed by atoms with Crippen molar-refractivity contribution < 1.29 is 4.79 Å². The fourth-order valence-electron chi connectivity index (χ4n) is 2.61. The molecule has 0 aromatic carbocycles. The van der Waals surface area contributed by atoms with E-state index in [-0.39, 0.29) is 5.91 Å². The summed E-state index contributed by atoms with van der Waals surface area (Å²) in [7, 11) is 0. The highest BCUT2D eigenvalue weighted by Crippen LogP contribution is 2.36. The summed E-state index contributed by atoms with van der Waals surface area (Å²) in [6, 6.07) is 1.87. The molecule has 5 heteroatoms. The number of pyridine rings is 1. The number of hydrogen-bond donors (Lipinski definition) is 2. The molecule has 0 bridgehead atoms. The fourth-order valence-corrected chi connectivity index (χ4v) is 2.83. The van der Waals surface area contributed by atoms with Gasteiger partial charge in [0.15, 0.2) is 0 Å². The van der Waals surface area contributed by atoms with Crippen molar-refractivity contribution >= 4 is 27.7 Å². The van der Waals surface area contributed by atoms with E-state index in [9.17, 15) is 4.79 Å². The van der Waals surface area contributed by atoms with Crippen LogP contribution in [-0.4, -0.2) is 17.4 Å². The lowest BCUT2D eigenvalue weighted by Crippen LogP contribution is -2.44. The molecule has 0 radical (unpaired) electrons. The Kier molecular flexibility index (Phi) is 4.58. The average molecular weight is 326 g/mol. The highest BCUT2D eigenvalue weighted by molar-refractivity contribution is 9.10. The van der Waals surface area contributed by atoms with Gasteiger partial charge in [-0.3, -0.25) is 4.79 Å². The first-order valence-electron chi connectivity index (χ1n) is 6.71. The molecule has 0 saturated heterocycles. The third-order valence-corrected chi connectivity index (χ3v) is 4.80. The van der Waals surface area contributed by atoms with E-state index in [1.165, 1.54) is 6.42 Å². The molecule has 0 unspecified atom stereocenters. The molecule has 2 rings (SSSR count). The standard InChI is InChI=1S/C14H20BrN3O/c1-10-7-12(17-8-11(10)15)18-13(19)14(9-16)5-3-2-4-6-14/h7-8H,2-6,9,16H2,1H3,(H,17,18,19). The molecule has 4 nitrogen and oxygen atoms in total. The van der Waals surface area contributed by atoms with Gasteiger partial charge in [0.25, 0.3) is 0 Å². The van der Waals surface area contributed by atoms with Crippen molar-refractivity contribution in [3.05, 3.63) is 22.3 Å². The Hall–Kier alpha value is -0.940. The Labute approximate surface area is 122 Å². The van der Waals surface area contributed by atoms with Crippen LogP contribution < -0.4 is 11.1 Å². The minimum Gasteiger partial charge on any atom is -0.329 e. The van der Waals surface area contributed by atoms with Gasteiger partial charge in [-0.15, -0.1) is 0 Å². The molecule has 1 aliphatic rings. The lowest BCUT2D eigenvalue weighted by molar-refractivity contribution is -0.126. The van der Waals surface area contributed by atoms with E-state index in [4.69, 9.17) is 5.73 Å². The van der Waals surface area contributed by atoms with Crippen LogP contribution in [0.3, 0.4) is 0 Å². The lowest BCUT2D eigenvalue weighted by atomic mass is 9.73. The number of aromatic nitrogens is 1. The molecule has 0 spiro atoms. The topological polar surface area (TPSA) is 68.0 Å². The molecular weight excluding hydrogens is 306 g/mol. The molecule has 1 fully saturated rings. The summed E-state index contributed by atoms with van der Waals surface area (Å²) in [5.41, 5.74) is 6.51. The smallest absolute Gasteiger partial charge is 0.233 e. The minimum atomic E-state index is -0.402. The van der Waals surface area contributed by atoms with Crippen molar-refractivity contribution in [2.45, 2.75) is 39.0 Å². The van der Waals surface area contributed by atoms with E-state index >= 15 is 0 Å². The van der Waals surface area contributed by atoms with Gasteiger partial charge in [0, 0.05) is 17.2 Å². The van der Waals surface area contributed by atoms with Crippen molar-refractivity contribution in [3.8, 4) is 0 Å². The van der Waals surface area contributed by atoms with E-state index in [0.717, 1.165) is 35.7 Å². The molecule has 1 saturated carbocycles. The highest BCUT2D eigenvalue weighted by atomic mass is 79.9. The summed E-state index contributed by atoms with van der Waals surface area (Å²) in [4.78, 5) is 16.7. The van der Waals surface area contributed by atoms with Gasteiger partial charge >= 0.3 is 0 Å². The molecule has 1 aliphatic carbocycles. The molecule has 104 valence electrons. The second-order valence-electron chi connectivity index (χ2n) is 5.32. The van der Waals surface area contributed by atoms with Gasteiger partial charge in [-0.05, 0) is 47.3 Å². The lowest BCUT2D eigenvalue weighted by Gasteiger charge is -2.34. The van der Waals surface area contributed by atoms with Crippen molar-refractivity contribution in [2.24, 2.45) is 11.1 Å². The predicted octanol–water partition coefficient (Wildman–Crippen LogP) is 3.00. The summed E-state index contributed by atoms with van der Waals surface area (Å²) >= 11 is 3.40. The zero-order chi connectivity index (χ0) is 13.9. The minimum absolute atomic E-state index is 0.0175. The normalized spacial score (nSPS) is 18.1. The number of nitrogens with two attached hydrogens (primary N) is 1. The highest BCUT2D eigenvalue weighted by Gasteiger charge is 2.38. The van der Waals surface area contributed by atoms with Crippen LogP contribution >= 0.6 is 15.9 Å². The summed E-state index contributed by atoms with van der Waals surface area (Å²) in [6.45, 7) is 2.38. The van der Waals surface area contributed by atoms with Crippen LogP contribution in [0.2, 0.25) is 0 Å². The number of carbonyl (C=O) groups is 1. The van der Waals surface area contributed by atoms with Crippen LogP contribution in [0, 0.1) is 12.3 Å². The number of amides is 1. The molecular formula is C14H20BrN3O. The third kappa shape index (κ3) is 3.15. The number of nitrogens with one attached hydrogen (secondary N) is 1. The SMILES string of the molecule is Cc1cc(NC(=O)C2(CN)CCCCC2)ncc1Br. The van der Waals surface area contributed by atoms with Gasteiger partial charge in [-0.2, -0.15) is 0 Å². The number of rotatable bonds is 3. The maximum atomic E-state index is 12.5. The molecule has 0 atom stereocenters. The zero-order valence-corrected chi connectivity index (χ0v) is 12.8. The number of hydrogen-bond acceptors (Lipinski definition) is 3. The first-order chi connectivity index (χ1) is 9.07. The van der Waals surface area contributed by atoms with Crippen LogP contribution in [0.25, 0.3) is 0 Å². The number of aryl methyl sites for hydroxylation is 1. The first-order valence-corrected chi connectivity index (χ1v) is 7.50. The Bertz CT molecular complexity index is 470. The van der Waals surface area contributed by atoms with E-state index in [2.05, 4.69) is 26.2 Å². The summed E-state index contributed by atoms with van der Waals surface area (Å²) in [5, 5.41) is 2.92. The van der Waals surface area contributed by atoms with Crippen LogP contribution in [0.15, 0.2) is 16.7 Å². The van der Waals surface area contributed by atoms with Crippen molar-refractivity contribution in [1.29, 1.82) is 0 Å². The van der Waals surface area contributed by atoms with E-state index in [1.807, 2.05) is 13.0 Å². The van der Waals surface area contributed by atoms with E-state index < -0.39 is 5.41 Å². The molecule has 1 aromatic heterocycles. The summed E-state index contributed by atoms with van der Waals surface area (Å²) in [5.74, 6) is 0.619. The maximum absolute atomic E-state index is 12.5. The number of nitrogens with zero attached hydrogens (tertiary/aromatic N) is 1. The van der Waals surface area contributed by atoms with Crippen LogP contribution in [0.5, 0.6) is 0 Å². The summed E-state index contributed by atoms with van der Waals surface area (Å²) in [6.07, 6.45) is 6.83. The first kappa shape index (κ1) is 14.5. The Morgan fingerprint density at radius 2 is 2.16 bits per heavy atom. The zero-order valence-electron chi connectivity index (χ0n) is 11.2. The second kappa shape index (κ2) is 6.01. The molecule has 1 heterocycles. The van der Waals surface area contributed by atoms with Crippen molar-refractivity contribution in [3.63, 3.8) is 0 Å². The number of halogens is 1. The van der Waals surface area contributed by atoms with Gasteiger partial charge in [0.1, 0.15) is 5.82 Å². The van der Waals surface area contributed by atoms with Crippen molar-refractivity contribution in [1.82, 2.24) is 4.98 Å². The number of anilines is 1. The van der Waals surface area contributed by atoms with Crippen LogP contribution in [-0.2, 0) is 4.79 Å². The quantitative estimate of drug-likeness (QED) is 0.897. The van der Waals surface area contributed by atoms with Crippen LogP contribution in [0.1, 0.15) is 37.7 Å². The molecule has 1 aromatic rings. The molecule has 0 aliphatic heterocycles. The average Bonchev–Trinajstić information content (AvgIpc) is 2.43. The Morgan fingerprint density at radius 3 is 2.74 bits per heavy atom. The fraction of sp³-hybridized carbons (Fsp3) is 0.571. The Morgan fingerprint density at radius 1 is 1.47 bits per heavy atom.